The lowest BCUT2D eigenvalue weighted by Gasteiger charge is -2.31. The summed E-state index contributed by atoms with van der Waals surface area (Å²) in [7, 11) is 1.95. The molecule has 4 unspecified atom stereocenters. The van der Waals surface area contributed by atoms with E-state index < -0.39 is 0 Å². The number of hydrogen-bond donors (Lipinski definition) is 1. The fourth-order valence-corrected chi connectivity index (χ4v) is 5.20. The monoisotopic (exact) mass is 399 g/mol. The highest BCUT2D eigenvalue weighted by atomic mass is 35.5. The van der Waals surface area contributed by atoms with Crippen molar-refractivity contribution in [1.82, 2.24) is 4.90 Å². The van der Waals surface area contributed by atoms with Gasteiger partial charge in [0.2, 0.25) is 5.91 Å². The number of fused-ring (bicyclic) bond motifs is 2. The lowest BCUT2D eigenvalue weighted by molar-refractivity contribution is -0.136. The van der Waals surface area contributed by atoms with Gasteiger partial charge in [0.25, 0.3) is 0 Å². The summed E-state index contributed by atoms with van der Waals surface area (Å²) < 4.78 is 0. The molecule has 146 valence electrons. The van der Waals surface area contributed by atoms with E-state index in [0.717, 1.165) is 19.5 Å². The Hall–Kier alpha value is -0.970. The van der Waals surface area contributed by atoms with Crippen LogP contribution in [0.2, 0.25) is 0 Å². The molecule has 1 aromatic carbocycles. The van der Waals surface area contributed by atoms with Crippen LogP contribution in [0.5, 0.6) is 0 Å². The average Bonchev–Trinajstić information content (AvgIpc) is 3.32. The van der Waals surface area contributed by atoms with Gasteiger partial charge in [0.15, 0.2) is 0 Å². The fraction of sp³-hybridized carbons (Fsp3) is 0.650. The van der Waals surface area contributed by atoms with Gasteiger partial charge in [-0.2, -0.15) is 0 Å². The number of hydrogen-bond acceptors (Lipinski definition) is 3. The van der Waals surface area contributed by atoms with Crippen LogP contribution >= 0.6 is 24.8 Å². The number of amides is 1. The molecule has 3 aliphatic rings. The molecule has 26 heavy (non-hydrogen) atoms. The van der Waals surface area contributed by atoms with Gasteiger partial charge in [0.1, 0.15) is 0 Å². The number of anilines is 1. The van der Waals surface area contributed by atoms with E-state index in [9.17, 15) is 4.79 Å². The van der Waals surface area contributed by atoms with Crippen LogP contribution < -0.4 is 10.6 Å². The third-order valence-corrected chi connectivity index (χ3v) is 6.49. The van der Waals surface area contributed by atoms with Crippen molar-refractivity contribution in [3.05, 3.63) is 29.8 Å². The first kappa shape index (κ1) is 21.3. The second-order valence-corrected chi connectivity index (χ2v) is 7.95. The summed E-state index contributed by atoms with van der Waals surface area (Å²) >= 11 is 0. The molecule has 2 N–H and O–H groups in total. The number of nitrogens with two attached hydrogens (primary N) is 1. The van der Waals surface area contributed by atoms with Crippen LogP contribution in [-0.2, 0) is 11.3 Å². The molecule has 1 heterocycles. The highest BCUT2D eigenvalue weighted by Crippen LogP contribution is 2.48. The van der Waals surface area contributed by atoms with Crippen LogP contribution in [0.4, 0.5) is 5.69 Å². The molecule has 2 aliphatic carbocycles. The van der Waals surface area contributed by atoms with Crippen molar-refractivity contribution in [2.24, 2.45) is 23.5 Å². The second kappa shape index (κ2) is 8.81. The number of benzene rings is 1. The maximum Gasteiger partial charge on any atom is 0.227 e. The molecule has 2 saturated carbocycles. The first-order valence-corrected chi connectivity index (χ1v) is 9.48. The third-order valence-electron chi connectivity index (χ3n) is 6.49. The molecule has 0 spiro atoms. The van der Waals surface area contributed by atoms with Gasteiger partial charge in [-0.05, 0) is 55.6 Å². The Morgan fingerprint density at radius 1 is 1.15 bits per heavy atom. The van der Waals surface area contributed by atoms with Gasteiger partial charge in [-0.1, -0.05) is 18.2 Å². The lowest BCUT2D eigenvalue weighted by Crippen LogP contribution is -2.45. The average molecular weight is 400 g/mol. The number of para-hydroxylation sites is 1. The predicted molar refractivity (Wildman–Crippen MR) is 111 cm³/mol. The van der Waals surface area contributed by atoms with Crippen LogP contribution in [0.1, 0.15) is 37.7 Å². The maximum atomic E-state index is 13.0. The van der Waals surface area contributed by atoms with E-state index >= 15 is 0 Å². The molecule has 1 amide bonds. The van der Waals surface area contributed by atoms with E-state index in [1.54, 1.807) is 0 Å². The molecule has 0 radical (unpaired) electrons. The van der Waals surface area contributed by atoms with Crippen LogP contribution in [0.15, 0.2) is 24.3 Å². The van der Waals surface area contributed by atoms with E-state index in [-0.39, 0.29) is 42.7 Å². The molecule has 4 atom stereocenters. The summed E-state index contributed by atoms with van der Waals surface area (Å²) in [5.41, 5.74) is 8.92. The number of carbonyl (C=O) groups is 1. The van der Waals surface area contributed by atoms with Gasteiger partial charge in [-0.25, -0.2) is 0 Å². The van der Waals surface area contributed by atoms with Gasteiger partial charge in [-0.3, -0.25) is 4.79 Å². The molecule has 2 bridgehead atoms. The molecule has 1 saturated heterocycles. The summed E-state index contributed by atoms with van der Waals surface area (Å²) in [6.07, 6.45) is 6.10. The fourth-order valence-electron chi connectivity index (χ4n) is 5.20. The van der Waals surface area contributed by atoms with Crippen molar-refractivity contribution >= 4 is 36.4 Å². The zero-order valence-electron chi connectivity index (χ0n) is 15.5. The normalized spacial score (nSPS) is 29.2. The van der Waals surface area contributed by atoms with Gasteiger partial charge < -0.3 is 15.5 Å². The molecular formula is C20H31Cl2N3O. The van der Waals surface area contributed by atoms with Gasteiger partial charge >= 0.3 is 0 Å². The zero-order chi connectivity index (χ0) is 16.7. The van der Waals surface area contributed by atoms with E-state index in [0.29, 0.717) is 18.4 Å². The Labute approximate surface area is 169 Å². The third kappa shape index (κ3) is 3.83. The van der Waals surface area contributed by atoms with E-state index in [2.05, 4.69) is 29.2 Å². The van der Waals surface area contributed by atoms with Crippen molar-refractivity contribution in [3.8, 4) is 0 Å². The van der Waals surface area contributed by atoms with Crippen molar-refractivity contribution in [1.29, 1.82) is 0 Å². The number of carbonyl (C=O) groups excluding carboxylic acids is 1. The van der Waals surface area contributed by atoms with Crippen molar-refractivity contribution in [2.45, 2.75) is 44.7 Å². The minimum atomic E-state index is 0. The smallest absolute Gasteiger partial charge is 0.227 e. The largest absolute Gasteiger partial charge is 0.371 e. The van der Waals surface area contributed by atoms with Crippen molar-refractivity contribution in [2.75, 3.05) is 25.0 Å². The Balaban J connectivity index is 0.00000121. The lowest BCUT2D eigenvalue weighted by atomic mass is 9.84. The van der Waals surface area contributed by atoms with Gasteiger partial charge in [-0.15, -0.1) is 24.8 Å². The molecule has 1 aliphatic heterocycles. The molecule has 3 fully saturated rings. The summed E-state index contributed by atoms with van der Waals surface area (Å²) in [6, 6.07) is 8.62. The maximum absolute atomic E-state index is 13.0. The Morgan fingerprint density at radius 2 is 1.81 bits per heavy atom. The molecule has 4 rings (SSSR count). The predicted octanol–water partition coefficient (Wildman–Crippen LogP) is 3.46. The first-order chi connectivity index (χ1) is 11.6. The van der Waals surface area contributed by atoms with Gasteiger partial charge in [0.05, 0.1) is 5.92 Å². The number of halogens is 2. The minimum absolute atomic E-state index is 0. The second-order valence-electron chi connectivity index (χ2n) is 7.95. The van der Waals surface area contributed by atoms with E-state index in [4.69, 9.17) is 5.73 Å². The molecule has 1 aromatic rings. The van der Waals surface area contributed by atoms with Crippen LogP contribution in [-0.4, -0.2) is 37.0 Å². The topological polar surface area (TPSA) is 49.6 Å². The van der Waals surface area contributed by atoms with Gasteiger partial charge in [0, 0.05) is 38.4 Å². The van der Waals surface area contributed by atoms with Crippen LogP contribution in [0.25, 0.3) is 0 Å². The first-order valence-electron chi connectivity index (χ1n) is 9.48. The summed E-state index contributed by atoms with van der Waals surface area (Å²) in [6.45, 7) is 2.95. The van der Waals surface area contributed by atoms with E-state index in [1.165, 1.54) is 36.9 Å². The Bertz CT molecular complexity index is 619. The molecule has 6 heteroatoms. The molecule has 0 aromatic heterocycles. The molecule has 4 nitrogen and oxygen atoms in total. The summed E-state index contributed by atoms with van der Waals surface area (Å²) in [5, 5.41) is 0. The highest BCUT2D eigenvalue weighted by molar-refractivity contribution is 5.85. The Morgan fingerprint density at radius 3 is 2.46 bits per heavy atom. The SMILES string of the molecule is CN(Cc1ccccc1N1CCCC1)C(=O)C1C2CCC(C2)C1N.Cl.Cl. The number of nitrogens with zero attached hydrogens (tertiary/aromatic N) is 2. The zero-order valence-corrected chi connectivity index (χ0v) is 17.1. The summed E-state index contributed by atoms with van der Waals surface area (Å²) in [5.74, 6) is 1.40. The van der Waals surface area contributed by atoms with Crippen molar-refractivity contribution in [3.63, 3.8) is 0 Å². The van der Waals surface area contributed by atoms with Crippen molar-refractivity contribution < 1.29 is 4.79 Å². The Kier molecular flexibility index (Phi) is 7.23. The van der Waals surface area contributed by atoms with E-state index in [1.807, 2.05) is 11.9 Å². The minimum Gasteiger partial charge on any atom is -0.371 e. The number of rotatable bonds is 4. The molecular weight excluding hydrogens is 369 g/mol. The quantitative estimate of drug-likeness (QED) is 0.842. The van der Waals surface area contributed by atoms with Crippen LogP contribution in [0.3, 0.4) is 0 Å². The summed E-state index contributed by atoms with van der Waals surface area (Å²) in [4.78, 5) is 17.4. The highest BCUT2D eigenvalue weighted by Gasteiger charge is 2.49. The van der Waals surface area contributed by atoms with Crippen LogP contribution in [0, 0.1) is 17.8 Å². The standard InChI is InChI=1S/C20H29N3O.2ClH/c1-22(20(24)18-14-8-9-15(12-14)19(18)21)13-16-6-2-3-7-17(16)23-10-4-5-11-23;;/h2-3,6-7,14-15,18-19H,4-5,8-13,21H2,1H3;2*1H.